The molecule has 1 aliphatic rings. The van der Waals surface area contributed by atoms with Gasteiger partial charge in [0.1, 0.15) is 0 Å². The van der Waals surface area contributed by atoms with Gasteiger partial charge >= 0.3 is 0 Å². The smallest absolute Gasteiger partial charge is 0.239 e. The van der Waals surface area contributed by atoms with Gasteiger partial charge < -0.3 is 4.90 Å². The first-order valence-corrected chi connectivity index (χ1v) is 6.22. The second-order valence-electron chi connectivity index (χ2n) is 4.54. The summed E-state index contributed by atoms with van der Waals surface area (Å²) < 4.78 is 0. The predicted octanol–water partition coefficient (Wildman–Crippen LogP) is 2.22. The van der Waals surface area contributed by atoms with E-state index in [4.69, 9.17) is 11.6 Å². The van der Waals surface area contributed by atoms with Gasteiger partial charge in [-0.2, -0.15) is 0 Å². The average Bonchev–Trinajstić information content (AvgIpc) is 2.62. The van der Waals surface area contributed by atoms with Gasteiger partial charge in [0, 0.05) is 24.7 Å². The van der Waals surface area contributed by atoms with Crippen LogP contribution in [0, 0.1) is 0 Å². The summed E-state index contributed by atoms with van der Waals surface area (Å²) >= 11 is 5.85. The molecule has 0 saturated carbocycles. The molecule has 1 amide bonds. The molecule has 2 atom stereocenters. The molecular weight excluding hydrogens is 236 g/mol. The molecule has 2 rings (SSSR count). The van der Waals surface area contributed by atoms with Crippen LogP contribution in [-0.4, -0.2) is 30.4 Å². The van der Waals surface area contributed by atoms with Crippen molar-refractivity contribution in [1.82, 2.24) is 10.2 Å². The molecule has 1 aromatic carbocycles. The van der Waals surface area contributed by atoms with Gasteiger partial charge in [0.2, 0.25) is 5.91 Å². The van der Waals surface area contributed by atoms with Gasteiger partial charge in [0.05, 0.1) is 6.04 Å². The van der Waals surface area contributed by atoms with Crippen LogP contribution in [0.15, 0.2) is 24.3 Å². The van der Waals surface area contributed by atoms with E-state index in [1.165, 1.54) is 0 Å². The molecule has 3 nitrogen and oxygen atoms in total. The van der Waals surface area contributed by atoms with E-state index in [-0.39, 0.29) is 18.0 Å². The van der Waals surface area contributed by atoms with Crippen LogP contribution in [0.25, 0.3) is 0 Å². The Morgan fingerprint density at radius 3 is 2.59 bits per heavy atom. The van der Waals surface area contributed by atoms with Crippen LogP contribution < -0.4 is 5.32 Å². The van der Waals surface area contributed by atoms with Gasteiger partial charge in [-0.15, -0.1) is 0 Å². The highest BCUT2D eigenvalue weighted by atomic mass is 35.5. The SMILES string of the molecule is C[C@@H](NC1CCN(C)C1=O)c1ccc(Cl)cc1. The van der Waals surface area contributed by atoms with Crippen LogP contribution >= 0.6 is 11.6 Å². The normalized spacial score (nSPS) is 21.9. The number of benzene rings is 1. The summed E-state index contributed by atoms with van der Waals surface area (Å²) in [7, 11) is 1.84. The molecular formula is C13H17ClN2O. The molecule has 92 valence electrons. The fourth-order valence-electron chi connectivity index (χ4n) is 2.13. The van der Waals surface area contributed by atoms with Gasteiger partial charge in [-0.1, -0.05) is 23.7 Å². The lowest BCUT2D eigenvalue weighted by molar-refractivity contribution is -0.128. The maximum absolute atomic E-state index is 11.8. The minimum atomic E-state index is -0.0503. The molecule has 0 radical (unpaired) electrons. The van der Waals surface area contributed by atoms with Crippen molar-refractivity contribution in [3.8, 4) is 0 Å². The van der Waals surface area contributed by atoms with Crippen molar-refractivity contribution in [2.75, 3.05) is 13.6 Å². The van der Waals surface area contributed by atoms with Crippen LogP contribution in [0.3, 0.4) is 0 Å². The Hall–Kier alpha value is -1.06. The van der Waals surface area contributed by atoms with Crippen LogP contribution in [0.2, 0.25) is 5.02 Å². The van der Waals surface area contributed by atoms with E-state index in [1.807, 2.05) is 31.3 Å². The lowest BCUT2D eigenvalue weighted by Gasteiger charge is -2.18. The highest BCUT2D eigenvalue weighted by Gasteiger charge is 2.29. The Kier molecular flexibility index (Phi) is 3.69. The summed E-state index contributed by atoms with van der Waals surface area (Å²) in [6, 6.07) is 7.83. The van der Waals surface area contributed by atoms with Crippen molar-refractivity contribution in [2.24, 2.45) is 0 Å². The number of likely N-dealkylation sites (N-methyl/N-ethyl adjacent to an activating group) is 1. The lowest BCUT2D eigenvalue weighted by atomic mass is 10.1. The lowest BCUT2D eigenvalue weighted by Crippen LogP contribution is -2.38. The highest BCUT2D eigenvalue weighted by molar-refractivity contribution is 6.30. The van der Waals surface area contributed by atoms with Gasteiger partial charge in [0.25, 0.3) is 0 Å². The van der Waals surface area contributed by atoms with Crippen molar-refractivity contribution in [3.63, 3.8) is 0 Å². The summed E-state index contributed by atoms with van der Waals surface area (Å²) in [5.41, 5.74) is 1.15. The number of carbonyl (C=O) groups is 1. The average molecular weight is 253 g/mol. The van der Waals surface area contributed by atoms with Crippen molar-refractivity contribution in [2.45, 2.75) is 25.4 Å². The molecule has 0 spiro atoms. The number of amides is 1. The number of halogens is 1. The van der Waals surface area contributed by atoms with E-state index in [2.05, 4.69) is 12.2 Å². The topological polar surface area (TPSA) is 32.3 Å². The Balaban J connectivity index is 1.99. The Morgan fingerprint density at radius 2 is 2.06 bits per heavy atom. The minimum absolute atomic E-state index is 0.0503. The van der Waals surface area contributed by atoms with E-state index in [0.29, 0.717) is 0 Å². The molecule has 17 heavy (non-hydrogen) atoms. The molecule has 1 fully saturated rings. The van der Waals surface area contributed by atoms with Gasteiger partial charge in [-0.3, -0.25) is 10.1 Å². The molecule has 1 heterocycles. The monoisotopic (exact) mass is 252 g/mol. The predicted molar refractivity (Wildman–Crippen MR) is 69.0 cm³/mol. The van der Waals surface area contributed by atoms with E-state index in [9.17, 15) is 4.79 Å². The summed E-state index contributed by atoms with van der Waals surface area (Å²) in [4.78, 5) is 13.5. The minimum Gasteiger partial charge on any atom is -0.344 e. The third-order valence-electron chi connectivity index (χ3n) is 3.25. The van der Waals surface area contributed by atoms with E-state index in [0.717, 1.165) is 23.6 Å². The third-order valence-corrected chi connectivity index (χ3v) is 3.50. The fraction of sp³-hybridized carbons (Fsp3) is 0.462. The molecule has 0 aliphatic carbocycles. The summed E-state index contributed by atoms with van der Waals surface area (Å²) in [6.07, 6.45) is 0.882. The van der Waals surface area contributed by atoms with Crippen LogP contribution in [0.5, 0.6) is 0 Å². The molecule has 0 aromatic heterocycles. The highest BCUT2D eigenvalue weighted by Crippen LogP contribution is 2.19. The molecule has 1 unspecified atom stereocenters. The molecule has 1 aliphatic heterocycles. The molecule has 0 bridgehead atoms. The first-order valence-electron chi connectivity index (χ1n) is 5.84. The summed E-state index contributed by atoms with van der Waals surface area (Å²) in [6.45, 7) is 2.90. The Labute approximate surface area is 107 Å². The number of rotatable bonds is 3. The largest absolute Gasteiger partial charge is 0.344 e. The first kappa shape index (κ1) is 12.4. The van der Waals surface area contributed by atoms with Gasteiger partial charge in [0.15, 0.2) is 0 Å². The molecule has 1 N–H and O–H groups in total. The zero-order valence-corrected chi connectivity index (χ0v) is 10.9. The molecule has 1 saturated heterocycles. The number of nitrogens with zero attached hydrogens (tertiary/aromatic N) is 1. The zero-order valence-electron chi connectivity index (χ0n) is 10.1. The van der Waals surface area contributed by atoms with E-state index < -0.39 is 0 Å². The molecule has 4 heteroatoms. The second-order valence-corrected chi connectivity index (χ2v) is 4.98. The maximum atomic E-state index is 11.8. The number of hydrogen-bond acceptors (Lipinski definition) is 2. The van der Waals surface area contributed by atoms with Crippen molar-refractivity contribution >= 4 is 17.5 Å². The number of hydrogen-bond donors (Lipinski definition) is 1. The van der Waals surface area contributed by atoms with Crippen LogP contribution in [-0.2, 0) is 4.79 Å². The maximum Gasteiger partial charge on any atom is 0.239 e. The van der Waals surface area contributed by atoms with E-state index >= 15 is 0 Å². The Morgan fingerprint density at radius 1 is 1.41 bits per heavy atom. The van der Waals surface area contributed by atoms with E-state index in [1.54, 1.807) is 4.90 Å². The van der Waals surface area contributed by atoms with Gasteiger partial charge in [-0.25, -0.2) is 0 Å². The standard InChI is InChI=1S/C13H17ClN2O/c1-9(10-3-5-11(14)6-4-10)15-12-7-8-16(2)13(12)17/h3-6,9,12,15H,7-8H2,1-2H3/t9-,12?/m1/s1. The van der Waals surface area contributed by atoms with Crippen molar-refractivity contribution < 1.29 is 4.79 Å². The quantitative estimate of drug-likeness (QED) is 0.895. The van der Waals surface area contributed by atoms with Crippen molar-refractivity contribution in [1.29, 1.82) is 0 Å². The molecule has 1 aromatic rings. The first-order chi connectivity index (χ1) is 8.08. The summed E-state index contributed by atoms with van der Waals surface area (Å²) in [5.74, 6) is 0.186. The Bertz CT molecular complexity index is 404. The van der Waals surface area contributed by atoms with Crippen LogP contribution in [0.1, 0.15) is 24.9 Å². The zero-order chi connectivity index (χ0) is 12.4. The summed E-state index contributed by atoms with van der Waals surface area (Å²) in [5, 5.41) is 4.09. The number of carbonyl (C=O) groups excluding carboxylic acids is 1. The second kappa shape index (κ2) is 5.07. The van der Waals surface area contributed by atoms with Crippen molar-refractivity contribution in [3.05, 3.63) is 34.9 Å². The van der Waals surface area contributed by atoms with Crippen LogP contribution in [0.4, 0.5) is 0 Å². The third kappa shape index (κ3) is 2.79. The number of likely N-dealkylation sites (tertiary alicyclic amines) is 1. The number of nitrogens with one attached hydrogen (secondary N) is 1. The van der Waals surface area contributed by atoms with Gasteiger partial charge in [-0.05, 0) is 31.0 Å². The fourth-order valence-corrected chi connectivity index (χ4v) is 2.25.